The number of pyridine rings is 1. The minimum atomic E-state index is -0.485. The zero-order valence-electron chi connectivity index (χ0n) is 13.9. The summed E-state index contributed by atoms with van der Waals surface area (Å²) in [7, 11) is 0. The number of hydrogen-bond acceptors (Lipinski definition) is 5. The predicted octanol–water partition coefficient (Wildman–Crippen LogP) is 3.83. The van der Waals surface area contributed by atoms with Gasteiger partial charge in [0.2, 0.25) is 0 Å². The van der Waals surface area contributed by atoms with Crippen LogP contribution in [0.3, 0.4) is 0 Å². The number of nitriles is 1. The fourth-order valence-corrected chi connectivity index (χ4v) is 3.60. The van der Waals surface area contributed by atoms with Gasteiger partial charge in [-0.2, -0.15) is 5.26 Å². The average Bonchev–Trinajstić information content (AvgIpc) is 2.51. The molecule has 0 spiro atoms. The van der Waals surface area contributed by atoms with Gasteiger partial charge >= 0.3 is 6.09 Å². The number of thioether (sulfide) groups is 1. The summed E-state index contributed by atoms with van der Waals surface area (Å²) in [5.74, 6) is 0.727. The van der Waals surface area contributed by atoms with Crippen LogP contribution < -0.4 is 0 Å². The molecule has 1 aliphatic rings. The topological polar surface area (TPSA) is 66.2 Å². The van der Waals surface area contributed by atoms with E-state index >= 15 is 0 Å². The van der Waals surface area contributed by atoms with Crippen LogP contribution in [0.2, 0.25) is 0 Å². The van der Waals surface area contributed by atoms with E-state index in [9.17, 15) is 4.79 Å². The van der Waals surface area contributed by atoms with Crippen molar-refractivity contribution in [3.05, 3.63) is 23.9 Å². The van der Waals surface area contributed by atoms with E-state index in [0.717, 1.165) is 36.6 Å². The fourth-order valence-electron chi connectivity index (χ4n) is 2.50. The summed E-state index contributed by atoms with van der Waals surface area (Å²) in [6.07, 6.45) is 4.52. The number of likely N-dealkylation sites (tertiary alicyclic amines) is 1. The highest BCUT2D eigenvalue weighted by molar-refractivity contribution is 7.99. The van der Waals surface area contributed by atoms with Crippen LogP contribution in [-0.4, -0.2) is 39.9 Å². The van der Waals surface area contributed by atoms with Gasteiger partial charge in [-0.05, 0) is 52.2 Å². The Bertz CT molecular complexity index is 592. The smallest absolute Gasteiger partial charge is 0.410 e. The van der Waals surface area contributed by atoms with E-state index in [-0.39, 0.29) is 12.1 Å². The lowest BCUT2D eigenvalue weighted by atomic mass is 10.0. The molecule has 0 bridgehead atoms. The lowest BCUT2D eigenvalue weighted by Gasteiger charge is -2.36. The monoisotopic (exact) mass is 333 g/mol. The first-order chi connectivity index (χ1) is 10.9. The van der Waals surface area contributed by atoms with Crippen LogP contribution in [0.4, 0.5) is 4.79 Å². The molecule has 1 aromatic heterocycles. The molecule has 2 rings (SSSR count). The van der Waals surface area contributed by atoms with Crippen LogP contribution in [0.15, 0.2) is 23.4 Å². The fraction of sp³-hybridized carbons (Fsp3) is 0.588. The second-order valence-corrected chi connectivity index (χ2v) is 7.61. The van der Waals surface area contributed by atoms with Gasteiger partial charge < -0.3 is 9.64 Å². The molecule has 0 saturated carbocycles. The quantitative estimate of drug-likeness (QED) is 0.786. The number of aromatic nitrogens is 1. The molecule has 2 heterocycles. The lowest BCUT2D eigenvalue weighted by Crippen LogP contribution is -2.47. The third kappa shape index (κ3) is 5.14. The van der Waals surface area contributed by atoms with E-state index in [4.69, 9.17) is 10.00 Å². The molecule has 23 heavy (non-hydrogen) atoms. The highest BCUT2D eigenvalue weighted by atomic mass is 32.2. The first kappa shape index (κ1) is 17.6. The molecule has 1 saturated heterocycles. The van der Waals surface area contributed by atoms with E-state index in [1.165, 1.54) is 11.8 Å². The molecule has 1 aromatic rings. The van der Waals surface area contributed by atoms with Crippen molar-refractivity contribution >= 4 is 17.9 Å². The van der Waals surface area contributed by atoms with Crippen molar-refractivity contribution in [2.75, 3.05) is 12.3 Å². The van der Waals surface area contributed by atoms with E-state index in [0.29, 0.717) is 5.56 Å². The molecule has 1 atom stereocenters. The van der Waals surface area contributed by atoms with Crippen molar-refractivity contribution in [3.8, 4) is 6.07 Å². The summed E-state index contributed by atoms with van der Waals surface area (Å²) in [5, 5.41) is 9.86. The van der Waals surface area contributed by atoms with Crippen molar-refractivity contribution in [1.82, 2.24) is 9.88 Å². The summed E-state index contributed by atoms with van der Waals surface area (Å²) in [4.78, 5) is 18.5. The Hall–Kier alpha value is -1.74. The third-order valence-corrected chi connectivity index (χ3v) is 4.71. The van der Waals surface area contributed by atoms with Crippen LogP contribution in [-0.2, 0) is 4.74 Å². The van der Waals surface area contributed by atoms with Crippen LogP contribution in [0.25, 0.3) is 0 Å². The first-order valence-corrected chi connectivity index (χ1v) is 8.87. The Kier molecular flexibility index (Phi) is 5.89. The average molecular weight is 333 g/mol. The molecular weight excluding hydrogens is 310 g/mol. The highest BCUT2D eigenvalue weighted by Crippen LogP contribution is 2.27. The second-order valence-electron chi connectivity index (χ2n) is 6.60. The maximum atomic E-state index is 12.4. The predicted molar refractivity (Wildman–Crippen MR) is 90.3 cm³/mol. The Morgan fingerprint density at radius 1 is 1.52 bits per heavy atom. The molecule has 1 aliphatic heterocycles. The second kappa shape index (κ2) is 7.69. The van der Waals surface area contributed by atoms with Crippen molar-refractivity contribution in [1.29, 1.82) is 5.26 Å². The summed E-state index contributed by atoms with van der Waals surface area (Å²) >= 11 is 1.53. The maximum absolute atomic E-state index is 12.4. The lowest BCUT2D eigenvalue weighted by molar-refractivity contribution is 0.0126. The van der Waals surface area contributed by atoms with Crippen LogP contribution in [0.1, 0.15) is 45.6 Å². The molecule has 0 N–H and O–H groups in total. The van der Waals surface area contributed by atoms with Gasteiger partial charge in [-0.15, -0.1) is 11.8 Å². The van der Waals surface area contributed by atoms with Gasteiger partial charge in [-0.1, -0.05) is 0 Å². The standard InChI is InChI=1S/C17H23N3O2S/c1-17(2,3)22-16(21)20-10-5-4-8-14(20)12-23-15-13(11-18)7-6-9-19-15/h6-7,9,14H,4-5,8,10,12H2,1-3H3/t14-/m1/s1. The Balaban J connectivity index is 2.01. The van der Waals surface area contributed by atoms with Crippen molar-refractivity contribution in [3.63, 3.8) is 0 Å². The Morgan fingerprint density at radius 2 is 2.30 bits per heavy atom. The first-order valence-electron chi connectivity index (χ1n) is 7.88. The zero-order chi connectivity index (χ0) is 16.9. The van der Waals surface area contributed by atoms with Crippen LogP contribution in [0, 0.1) is 11.3 Å². The SMILES string of the molecule is CC(C)(C)OC(=O)N1CCCC[C@@H]1CSc1ncccc1C#N. The van der Waals surface area contributed by atoms with E-state index in [1.54, 1.807) is 18.3 Å². The van der Waals surface area contributed by atoms with Gasteiger partial charge in [0.15, 0.2) is 0 Å². The van der Waals surface area contributed by atoms with E-state index in [2.05, 4.69) is 11.1 Å². The highest BCUT2D eigenvalue weighted by Gasteiger charge is 2.30. The minimum absolute atomic E-state index is 0.122. The van der Waals surface area contributed by atoms with Gasteiger partial charge in [-0.3, -0.25) is 0 Å². The number of carbonyl (C=O) groups excluding carboxylic acids is 1. The van der Waals surface area contributed by atoms with Crippen LogP contribution >= 0.6 is 11.8 Å². The normalized spacial score (nSPS) is 18.3. The van der Waals surface area contributed by atoms with Crippen molar-refractivity contribution < 1.29 is 9.53 Å². The van der Waals surface area contributed by atoms with Crippen molar-refractivity contribution in [2.24, 2.45) is 0 Å². The molecule has 5 nitrogen and oxygen atoms in total. The van der Waals surface area contributed by atoms with Gasteiger partial charge in [0, 0.05) is 24.5 Å². The van der Waals surface area contributed by atoms with Gasteiger partial charge in [0.25, 0.3) is 0 Å². The molecular formula is C17H23N3O2S. The third-order valence-electron chi connectivity index (χ3n) is 3.56. The molecule has 1 amide bonds. The Morgan fingerprint density at radius 3 is 3.00 bits per heavy atom. The summed E-state index contributed by atoms with van der Waals surface area (Å²) < 4.78 is 5.51. The summed E-state index contributed by atoms with van der Waals surface area (Å²) in [6.45, 7) is 6.37. The van der Waals surface area contributed by atoms with Crippen molar-refractivity contribution in [2.45, 2.75) is 56.7 Å². The molecule has 0 radical (unpaired) electrons. The zero-order valence-corrected chi connectivity index (χ0v) is 14.7. The van der Waals surface area contributed by atoms with Gasteiger partial charge in [-0.25, -0.2) is 9.78 Å². The number of ether oxygens (including phenoxy) is 1. The van der Waals surface area contributed by atoms with Crippen LogP contribution in [0.5, 0.6) is 0 Å². The summed E-state index contributed by atoms with van der Waals surface area (Å²) in [6, 6.07) is 5.81. The molecule has 124 valence electrons. The molecule has 0 unspecified atom stereocenters. The number of rotatable bonds is 3. The summed E-state index contributed by atoms with van der Waals surface area (Å²) in [5.41, 5.74) is 0.0957. The van der Waals surface area contributed by atoms with Gasteiger partial charge in [0.1, 0.15) is 16.7 Å². The van der Waals surface area contributed by atoms with Gasteiger partial charge in [0.05, 0.1) is 5.56 Å². The molecule has 0 aliphatic carbocycles. The number of carbonyl (C=O) groups is 1. The molecule has 0 aromatic carbocycles. The number of hydrogen-bond donors (Lipinski definition) is 0. The molecule has 1 fully saturated rings. The van der Waals surface area contributed by atoms with E-state index < -0.39 is 5.60 Å². The van der Waals surface area contributed by atoms with E-state index in [1.807, 2.05) is 25.7 Å². The number of piperidine rings is 1. The largest absolute Gasteiger partial charge is 0.444 e. The number of nitrogens with zero attached hydrogens (tertiary/aromatic N) is 3. The minimum Gasteiger partial charge on any atom is -0.444 e. The molecule has 6 heteroatoms. The Labute approximate surface area is 142 Å². The maximum Gasteiger partial charge on any atom is 0.410 e. The number of amides is 1.